The highest BCUT2D eigenvalue weighted by Gasteiger charge is 2.32. The van der Waals surface area contributed by atoms with Gasteiger partial charge in [-0.1, -0.05) is 0 Å². The number of carbonyl (C=O) groups is 1. The molecule has 0 spiro atoms. The van der Waals surface area contributed by atoms with Crippen LogP contribution in [0.2, 0.25) is 0 Å². The Kier molecular flexibility index (Phi) is 4.82. The first-order chi connectivity index (χ1) is 9.86. The molecule has 1 fully saturated rings. The van der Waals surface area contributed by atoms with Crippen molar-refractivity contribution in [2.75, 3.05) is 33.7 Å². The highest BCUT2D eigenvalue weighted by atomic mass is 16.3. The number of aliphatic hydroxyl groups excluding tert-OH is 1. The summed E-state index contributed by atoms with van der Waals surface area (Å²) in [6.07, 6.45) is 0.226. The number of likely N-dealkylation sites (N-methyl/N-ethyl adjacent to an activating group) is 1. The van der Waals surface area contributed by atoms with Crippen LogP contribution in [0.4, 0.5) is 0 Å². The Morgan fingerprint density at radius 3 is 2.71 bits per heavy atom. The molecular weight excluding hydrogens is 272 g/mol. The summed E-state index contributed by atoms with van der Waals surface area (Å²) < 4.78 is 0. The van der Waals surface area contributed by atoms with Crippen molar-refractivity contribution < 1.29 is 20.1 Å². The fourth-order valence-corrected chi connectivity index (χ4v) is 2.79. The van der Waals surface area contributed by atoms with Gasteiger partial charge in [0.2, 0.25) is 0 Å². The number of likely N-dealkylation sites (tertiary alicyclic amines) is 1. The SMILES string of the molecule is CN(C)CC1CC(O)CN1CC(=O)c1ccc(O)cc1O. The summed E-state index contributed by atoms with van der Waals surface area (Å²) in [6.45, 7) is 1.38. The number of phenols is 2. The monoisotopic (exact) mass is 294 g/mol. The Labute approximate surface area is 124 Å². The lowest BCUT2D eigenvalue weighted by Crippen LogP contribution is -2.40. The molecule has 3 N–H and O–H groups in total. The molecule has 6 heteroatoms. The van der Waals surface area contributed by atoms with E-state index in [0.717, 1.165) is 12.6 Å². The van der Waals surface area contributed by atoms with E-state index < -0.39 is 6.10 Å². The molecule has 1 heterocycles. The number of aliphatic hydroxyl groups is 1. The predicted octanol–water partition coefficient (Wildman–Crippen LogP) is 0.277. The zero-order valence-electron chi connectivity index (χ0n) is 12.4. The second kappa shape index (κ2) is 6.43. The molecule has 0 amide bonds. The maximum absolute atomic E-state index is 12.3. The summed E-state index contributed by atoms with van der Waals surface area (Å²) in [7, 11) is 3.91. The first-order valence-corrected chi connectivity index (χ1v) is 6.99. The van der Waals surface area contributed by atoms with Gasteiger partial charge in [-0.2, -0.15) is 0 Å². The van der Waals surface area contributed by atoms with Crippen LogP contribution in [0.3, 0.4) is 0 Å². The van der Waals surface area contributed by atoms with Crippen LogP contribution in [0.1, 0.15) is 16.8 Å². The number of nitrogens with zero attached hydrogens (tertiary/aromatic N) is 2. The zero-order valence-corrected chi connectivity index (χ0v) is 12.4. The van der Waals surface area contributed by atoms with Crippen LogP contribution >= 0.6 is 0 Å². The zero-order chi connectivity index (χ0) is 15.6. The molecule has 0 radical (unpaired) electrons. The van der Waals surface area contributed by atoms with E-state index in [-0.39, 0.29) is 35.4 Å². The third-order valence-corrected chi connectivity index (χ3v) is 3.71. The van der Waals surface area contributed by atoms with Crippen LogP contribution in [0, 0.1) is 0 Å². The molecule has 2 unspecified atom stereocenters. The summed E-state index contributed by atoms with van der Waals surface area (Å²) in [6, 6.07) is 4.07. The van der Waals surface area contributed by atoms with Gasteiger partial charge in [0.25, 0.3) is 0 Å². The number of β-amino-alcohol motifs (C(OH)–C–C–N with tert-alkyl or cyclic N) is 1. The second-order valence-electron chi connectivity index (χ2n) is 5.86. The van der Waals surface area contributed by atoms with Gasteiger partial charge in [0.1, 0.15) is 11.5 Å². The summed E-state index contributed by atoms with van der Waals surface area (Å²) >= 11 is 0. The number of hydrogen-bond acceptors (Lipinski definition) is 6. The maximum atomic E-state index is 12.3. The lowest BCUT2D eigenvalue weighted by Gasteiger charge is -2.26. The van der Waals surface area contributed by atoms with Gasteiger partial charge in [0, 0.05) is 25.2 Å². The maximum Gasteiger partial charge on any atom is 0.180 e. The molecule has 116 valence electrons. The van der Waals surface area contributed by atoms with Crippen molar-refractivity contribution in [1.29, 1.82) is 0 Å². The average molecular weight is 294 g/mol. The molecule has 21 heavy (non-hydrogen) atoms. The Bertz CT molecular complexity index is 518. The van der Waals surface area contributed by atoms with Crippen molar-refractivity contribution in [3.05, 3.63) is 23.8 Å². The first kappa shape index (κ1) is 15.8. The number of hydrogen-bond donors (Lipinski definition) is 3. The van der Waals surface area contributed by atoms with Crippen molar-refractivity contribution >= 4 is 5.78 Å². The number of phenolic OH excluding ortho intramolecular Hbond substituents is 2. The number of carbonyl (C=O) groups excluding carboxylic acids is 1. The van der Waals surface area contributed by atoms with Crippen LogP contribution in [-0.2, 0) is 0 Å². The first-order valence-electron chi connectivity index (χ1n) is 6.99. The van der Waals surface area contributed by atoms with Crippen molar-refractivity contribution in [1.82, 2.24) is 9.80 Å². The largest absolute Gasteiger partial charge is 0.508 e. The second-order valence-corrected chi connectivity index (χ2v) is 5.86. The number of aromatic hydroxyl groups is 2. The topological polar surface area (TPSA) is 84.2 Å². The molecule has 0 aromatic heterocycles. The summed E-state index contributed by atoms with van der Waals surface area (Å²) in [4.78, 5) is 16.3. The minimum Gasteiger partial charge on any atom is -0.508 e. The number of benzene rings is 1. The van der Waals surface area contributed by atoms with E-state index >= 15 is 0 Å². The highest BCUT2D eigenvalue weighted by Crippen LogP contribution is 2.25. The average Bonchev–Trinajstić information content (AvgIpc) is 2.68. The summed E-state index contributed by atoms with van der Waals surface area (Å²) in [5.41, 5.74) is 0.192. The van der Waals surface area contributed by atoms with E-state index in [1.165, 1.54) is 12.1 Å². The molecule has 2 atom stereocenters. The van der Waals surface area contributed by atoms with Crippen molar-refractivity contribution in [2.24, 2.45) is 0 Å². The Morgan fingerprint density at radius 1 is 1.38 bits per heavy atom. The van der Waals surface area contributed by atoms with E-state index in [0.29, 0.717) is 13.0 Å². The van der Waals surface area contributed by atoms with E-state index in [1.807, 2.05) is 23.9 Å². The molecule has 0 aliphatic carbocycles. The Balaban J connectivity index is 2.07. The molecule has 0 bridgehead atoms. The lowest BCUT2D eigenvalue weighted by atomic mass is 10.1. The van der Waals surface area contributed by atoms with Gasteiger partial charge >= 0.3 is 0 Å². The molecule has 1 aliphatic heterocycles. The van der Waals surface area contributed by atoms with Crippen molar-refractivity contribution in [2.45, 2.75) is 18.6 Å². The number of Topliss-reactive ketones (excluding diaryl/α,β-unsaturated/α-hetero) is 1. The van der Waals surface area contributed by atoms with E-state index in [4.69, 9.17) is 0 Å². The van der Waals surface area contributed by atoms with Gasteiger partial charge in [-0.05, 0) is 32.6 Å². The molecular formula is C15H22N2O4. The van der Waals surface area contributed by atoms with E-state index in [2.05, 4.69) is 0 Å². The number of rotatable bonds is 5. The Morgan fingerprint density at radius 2 is 2.10 bits per heavy atom. The van der Waals surface area contributed by atoms with Crippen LogP contribution in [-0.4, -0.2) is 76.8 Å². The van der Waals surface area contributed by atoms with Gasteiger partial charge < -0.3 is 20.2 Å². The number of ketones is 1. The molecule has 0 saturated carbocycles. The van der Waals surface area contributed by atoms with Crippen LogP contribution in [0.25, 0.3) is 0 Å². The van der Waals surface area contributed by atoms with Crippen LogP contribution in [0.5, 0.6) is 11.5 Å². The molecule has 6 nitrogen and oxygen atoms in total. The predicted molar refractivity (Wildman–Crippen MR) is 78.6 cm³/mol. The van der Waals surface area contributed by atoms with Crippen LogP contribution < -0.4 is 0 Å². The molecule has 1 saturated heterocycles. The van der Waals surface area contributed by atoms with Gasteiger partial charge in [-0.15, -0.1) is 0 Å². The molecule has 1 aromatic carbocycles. The van der Waals surface area contributed by atoms with Gasteiger partial charge in [0.15, 0.2) is 5.78 Å². The quantitative estimate of drug-likeness (QED) is 0.676. The molecule has 1 aliphatic rings. The summed E-state index contributed by atoms with van der Waals surface area (Å²) in [5, 5.41) is 28.8. The minimum absolute atomic E-state index is 0.0777. The van der Waals surface area contributed by atoms with Crippen molar-refractivity contribution in [3.8, 4) is 11.5 Å². The van der Waals surface area contributed by atoms with Gasteiger partial charge in [-0.25, -0.2) is 0 Å². The smallest absolute Gasteiger partial charge is 0.180 e. The van der Waals surface area contributed by atoms with E-state index in [1.54, 1.807) is 0 Å². The summed E-state index contributed by atoms with van der Waals surface area (Å²) in [5.74, 6) is -0.514. The third kappa shape index (κ3) is 3.93. The normalized spacial score (nSPS) is 22.9. The lowest BCUT2D eigenvalue weighted by molar-refractivity contribution is 0.0899. The minimum atomic E-state index is -0.420. The van der Waals surface area contributed by atoms with Crippen LogP contribution in [0.15, 0.2) is 18.2 Å². The van der Waals surface area contributed by atoms with Crippen molar-refractivity contribution in [3.63, 3.8) is 0 Å². The standard InChI is InChI=1S/C15H22N2O4/c1-16(2)7-10-5-12(19)8-17(10)9-15(21)13-4-3-11(18)6-14(13)20/h3-4,6,10,12,18-20H,5,7-9H2,1-2H3. The fraction of sp³-hybridized carbons (Fsp3) is 0.533. The van der Waals surface area contributed by atoms with E-state index in [9.17, 15) is 20.1 Å². The van der Waals surface area contributed by atoms with Gasteiger partial charge in [0.05, 0.1) is 18.2 Å². The molecule has 2 rings (SSSR count). The fourth-order valence-electron chi connectivity index (χ4n) is 2.79. The highest BCUT2D eigenvalue weighted by molar-refractivity contribution is 6.00. The van der Waals surface area contributed by atoms with Gasteiger partial charge in [-0.3, -0.25) is 9.69 Å². The Hall–Kier alpha value is -1.63. The molecule has 1 aromatic rings. The third-order valence-electron chi connectivity index (χ3n) is 3.71.